The van der Waals surface area contributed by atoms with Crippen molar-refractivity contribution in [2.24, 2.45) is 0 Å². The molecule has 1 aromatic carbocycles. The van der Waals surface area contributed by atoms with Gasteiger partial charge < -0.3 is 9.47 Å². The van der Waals surface area contributed by atoms with Crippen molar-refractivity contribution in [1.82, 2.24) is 9.47 Å². The first-order valence-corrected chi connectivity index (χ1v) is 8.39. The largest absolute Gasteiger partial charge is 0.337 e. The second-order valence-electron chi connectivity index (χ2n) is 6.67. The Bertz CT molecular complexity index is 737. The summed E-state index contributed by atoms with van der Waals surface area (Å²) in [7, 11) is 0. The van der Waals surface area contributed by atoms with E-state index in [0.717, 1.165) is 23.7 Å². The number of para-hydroxylation sites is 1. The average molecular weight is 312 g/mol. The van der Waals surface area contributed by atoms with E-state index in [-0.39, 0.29) is 11.7 Å². The van der Waals surface area contributed by atoms with Gasteiger partial charge in [-0.1, -0.05) is 18.2 Å². The molecule has 2 heterocycles. The summed E-state index contributed by atoms with van der Waals surface area (Å²) in [4.78, 5) is 26.7. The van der Waals surface area contributed by atoms with Gasteiger partial charge in [-0.15, -0.1) is 0 Å². The summed E-state index contributed by atoms with van der Waals surface area (Å²) >= 11 is 0. The molecule has 4 heteroatoms. The maximum atomic E-state index is 12.8. The fraction of sp³-hybridized carbons (Fsp3) is 0.474. The van der Waals surface area contributed by atoms with Gasteiger partial charge in [-0.25, -0.2) is 0 Å². The van der Waals surface area contributed by atoms with Crippen molar-refractivity contribution >= 4 is 22.6 Å². The van der Waals surface area contributed by atoms with Crippen LogP contribution >= 0.6 is 0 Å². The van der Waals surface area contributed by atoms with Gasteiger partial charge >= 0.3 is 0 Å². The van der Waals surface area contributed by atoms with Gasteiger partial charge in [-0.2, -0.15) is 0 Å². The number of hydrogen-bond donors (Lipinski definition) is 0. The molecule has 2 atom stereocenters. The lowest BCUT2D eigenvalue weighted by Crippen LogP contribution is -2.48. The molecule has 122 valence electrons. The molecular formula is C19H24N2O2. The zero-order valence-electron chi connectivity index (χ0n) is 14.1. The lowest BCUT2D eigenvalue weighted by molar-refractivity contribution is -0.137. The molecule has 0 N–H and O–H groups in total. The summed E-state index contributed by atoms with van der Waals surface area (Å²) in [5.74, 6) is 0.174. The smallest absolute Gasteiger partial charge is 0.242 e. The van der Waals surface area contributed by atoms with Crippen molar-refractivity contribution < 1.29 is 9.59 Å². The molecule has 0 bridgehead atoms. The monoisotopic (exact) mass is 312 g/mol. The molecule has 0 unspecified atom stereocenters. The Labute approximate surface area is 137 Å². The van der Waals surface area contributed by atoms with E-state index in [0.29, 0.717) is 24.2 Å². The average Bonchev–Trinajstić information content (AvgIpc) is 2.86. The maximum absolute atomic E-state index is 12.8. The summed E-state index contributed by atoms with van der Waals surface area (Å²) in [6.45, 7) is 6.12. The van der Waals surface area contributed by atoms with Crippen LogP contribution in [0.2, 0.25) is 0 Å². The van der Waals surface area contributed by atoms with Crippen LogP contribution in [0.25, 0.3) is 10.9 Å². The van der Waals surface area contributed by atoms with Crippen LogP contribution in [0.15, 0.2) is 30.5 Å². The predicted molar refractivity (Wildman–Crippen MR) is 91.6 cm³/mol. The second kappa shape index (κ2) is 6.19. The van der Waals surface area contributed by atoms with Gasteiger partial charge in [0.05, 0.1) is 0 Å². The molecule has 23 heavy (non-hydrogen) atoms. The van der Waals surface area contributed by atoms with Crippen molar-refractivity contribution in [2.45, 2.75) is 58.7 Å². The Morgan fingerprint density at radius 1 is 1.13 bits per heavy atom. The predicted octanol–water partition coefficient (Wildman–Crippen LogP) is 3.63. The number of ketones is 1. The molecule has 0 spiro atoms. The van der Waals surface area contributed by atoms with Gasteiger partial charge in [0.2, 0.25) is 5.91 Å². The molecule has 1 saturated heterocycles. The van der Waals surface area contributed by atoms with Crippen LogP contribution in [0.4, 0.5) is 0 Å². The lowest BCUT2D eigenvalue weighted by atomic mass is 9.97. The number of amides is 1. The van der Waals surface area contributed by atoms with Gasteiger partial charge in [-0.3, -0.25) is 9.59 Å². The molecule has 2 aromatic rings. The summed E-state index contributed by atoms with van der Waals surface area (Å²) in [5.41, 5.74) is 1.64. The number of Topliss-reactive ketones (excluding diaryl/α,β-unsaturated/α-hetero) is 1. The molecular weight excluding hydrogens is 288 g/mol. The zero-order valence-corrected chi connectivity index (χ0v) is 14.1. The highest BCUT2D eigenvalue weighted by atomic mass is 16.2. The number of hydrogen-bond acceptors (Lipinski definition) is 2. The molecule has 1 amide bonds. The number of nitrogens with zero attached hydrogens (tertiary/aromatic N) is 2. The number of carbonyl (C=O) groups is 2. The number of fused-ring (bicyclic) bond motifs is 1. The molecule has 3 rings (SSSR count). The van der Waals surface area contributed by atoms with Gasteiger partial charge in [-0.05, 0) is 46.1 Å². The molecule has 0 saturated carbocycles. The minimum atomic E-state index is 0.0344. The fourth-order valence-corrected chi connectivity index (χ4v) is 3.80. The van der Waals surface area contributed by atoms with E-state index in [2.05, 4.69) is 13.8 Å². The zero-order chi connectivity index (χ0) is 16.6. The first-order chi connectivity index (χ1) is 11.0. The standard InChI is InChI=1S/C19H24N2O2/c1-13-7-6-8-14(2)21(13)19(23)12-20-11-17(15(3)22)16-9-4-5-10-18(16)20/h4-5,9-11,13-14H,6-8,12H2,1-3H3/t13-,14-/m0/s1. The SMILES string of the molecule is CC(=O)c1cn(CC(=O)N2[C@@H](C)CCC[C@@H]2C)c2ccccc12. The minimum absolute atomic E-state index is 0.0344. The molecule has 1 aliphatic rings. The van der Waals surface area contributed by atoms with E-state index in [4.69, 9.17) is 0 Å². The van der Waals surface area contributed by atoms with Crippen LogP contribution in [0.3, 0.4) is 0 Å². The summed E-state index contributed by atoms with van der Waals surface area (Å²) in [5, 5.41) is 0.924. The second-order valence-corrected chi connectivity index (χ2v) is 6.67. The molecule has 4 nitrogen and oxygen atoms in total. The van der Waals surface area contributed by atoms with E-state index in [1.54, 1.807) is 6.92 Å². The highest BCUT2D eigenvalue weighted by Crippen LogP contribution is 2.25. The van der Waals surface area contributed by atoms with E-state index in [1.807, 2.05) is 39.9 Å². The normalized spacial score (nSPS) is 21.6. The van der Waals surface area contributed by atoms with Crippen molar-refractivity contribution in [3.63, 3.8) is 0 Å². The van der Waals surface area contributed by atoms with Crippen molar-refractivity contribution in [3.05, 3.63) is 36.0 Å². The van der Waals surface area contributed by atoms with Crippen molar-refractivity contribution in [1.29, 1.82) is 0 Å². The quantitative estimate of drug-likeness (QED) is 0.812. The van der Waals surface area contributed by atoms with Gasteiger partial charge in [0.25, 0.3) is 0 Å². The fourth-order valence-electron chi connectivity index (χ4n) is 3.80. The van der Waals surface area contributed by atoms with Gasteiger partial charge in [0, 0.05) is 34.7 Å². The minimum Gasteiger partial charge on any atom is -0.337 e. The van der Waals surface area contributed by atoms with Crippen LogP contribution in [0.1, 0.15) is 50.4 Å². The highest BCUT2D eigenvalue weighted by Gasteiger charge is 2.29. The van der Waals surface area contributed by atoms with Gasteiger partial charge in [0.15, 0.2) is 5.78 Å². The third-order valence-corrected chi connectivity index (χ3v) is 4.96. The summed E-state index contributed by atoms with van der Waals surface area (Å²) in [6.07, 6.45) is 5.15. The number of aromatic nitrogens is 1. The Morgan fingerprint density at radius 2 is 1.78 bits per heavy atom. The molecule has 1 aliphatic heterocycles. The number of rotatable bonds is 3. The number of likely N-dealkylation sites (tertiary alicyclic amines) is 1. The third-order valence-electron chi connectivity index (χ3n) is 4.96. The number of carbonyl (C=O) groups excluding carboxylic acids is 2. The molecule has 1 fully saturated rings. The first kappa shape index (κ1) is 15.8. The van der Waals surface area contributed by atoms with Crippen LogP contribution in [-0.4, -0.2) is 33.2 Å². The Morgan fingerprint density at radius 3 is 2.43 bits per heavy atom. The summed E-state index contributed by atoms with van der Waals surface area (Å²) in [6, 6.07) is 8.37. The molecule has 0 aliphatic carbocycles. The van der Waals surface area contributed by atoms with E-state index < -0.39 is 0 Å². The van der Waals surface area contributed by atoms with Gasteiger partial charge in [0.1, 0.15) is 6.54 Å². The molecule has 1 aromatic heterocycles. The topological polar surface area (TPSA) is 42.3 Å². The first-order valence-electron chi connectivity index (χ1n) is 8.39. The van der Waals surface area contributed by atoms with E-state index >= 15 is 0 Å². The lowest BCUT2D eigenvalue weighted by Gasteiger charge is -2.39. The Balaban J connectivity index is 1.92. The molecule has 0 radical (unpaired) electrons. The highest BCUT2D eigenvalue weighted by molar-refractivity contribution is 6.07. The van der Waals surface area contributed by atoms with Crippen LogP contribution in [0.5, 0.6) is 0 Å². The Hall–Kier alpha value is -2.10. The van der Waals surface area contributed by atoms with Crippen LogP contribution in [0, 0.1) is 0 Å². The van der Waals surface area contributed by atoms with E-state index in [1.165, 1.54) is 6.42 Å². The van der Waals surface area contributed by atoms with Crippen LogP contribution < -0.4 is 0 Å². The van der Waals surface area contributed by atoms with Crippen LogP contribution in [-0.2, 0) is 11.3 Å². The Kier molecular flexibility index (Phi) is 4.24. The summed E-state index contributed by atoms with van der Waals surface area (Å²) < 4.78 is 1.92. The van der Waals surface area contributed by atoms with Crippen molar-refractivity contribution in [3.8, 4) is 0 Å². The maximum Gasteiger partial charge on any atom is 0.242 e. The van der Waals surface area contributed by atoms with Crippen molar-refractivity contribution in [2.75, 3.05) is 0 Å². The number of piperidine rings is 1. The number of benzene rings is 1. The third kappa shape index (κ3) is 2.90. The van der Waals surface area contributed by atoms with E-state index in [9.17, 15) is 9.59 Å².